The number of ether oxygens (including phenoxy) is 1. The third-order valence-electron chi connectivity index (χ3n) is 1.35. The van der Waals surface area contributed by atoms with Gasteiger partial charge in [-0.25, -0.2) is 9.78 Å². The predicted octanol–water partition coefficient (Wildman–Crippen LogP) is 0.700. The maximum absolute atomic E-state index is 10.8. The molecule has 1 aromatic rings. The molecule has 72 valence electrons. The maximum Gasteiger partial charge on any atom is 0.384 e. The third kappa shape index (κ3) is 3.23. The first-order valence-corrected chi connectivity index (χ1v) is 4.19. The number of hydrogen-bond acceptors (Lipinski definition) is 4. The minimum absolute atomic E-state index is 0.326. The van der Waals surface area contributed by atoms with Crippen LogP contribution < -0.4 is 0 Å². The summed E-state index contributed by atoms with van der Waals surface area (Å²) >= 11 is 0. The Morgan fingerprint density at radius 3 is 2.86 bits per heavy atom. The van der Waals surface area contributed by atoms with Crippen LogP contribution in [0.15, 0.2) is 12.4 Å². The molecule has 0 atom stereocenters. The molecule has 0 radical (unpaired) electrons. The van der Waals surface area contributed by atoms with Crippen LogP contribution in [0.25, 0.3) is 0 Å². The summed E-state index contributed by atoms with van der Waals surface area (Å²) in [5.74, 6) is 4.32. The number of rotatable bonds is 1. The lowest BCUT2D eigenvalue weighted by Crippen LogP contribution is -1.99. The van der Waals surface area contributed by atoms with Gasteiger partial charge >= 0.3 is 5.97 Å². The summed E-state index contributed by atoms with van der Waals surface area (Å²) in [5.41, 5.74) is 1.27. The van der Waals surface area contributed by atoms with E-state index in [4.69, 9.17) is 0 Å². The Kier molecular flexibility index (Phi) is 3.62. The molecule has 0 N–H and O–H groups in total. The van der Waals surface area contributed by atoms with Crippen LogP contribution in [0.3, 0.4) is 0 Å². The van der Waals surface area contributed by atoms with E-state index >= 15 is 0 Å². The molecule has 0 aliphatic carbocycles. The highest BCUT2D eigenvalue weighted by Crippen LogP contribution is 1.91. The Labute approximate surface area is 82.3 Å². The molecule has 4 nitrogen and oxygen atoms in total. The second-order valence-corrected chi connectivity index (χ2v) is 2.51. The van der Waals surface area contributed by atoms with E-state index in [1.807, 2.05) is 6.92 Å². The van der Waals surface area contributed by atoms with Gasteiger partial charge in [-0.15, -0.1) is 0 Å². The first-order valence-electron chi connectivity index (χ1n) is 4.19. The number of nitrogens with zero attached hydrogens (tertiary/aromatic N) is 2. The van der Waals surface area contributed by atoms with E-state index in [0.717, 1.165) is 5.69 Å². The lowest BCUT2D eigenvalue weighted by Gasteiger charge is -1.91. The molecular weight excluding hydrogens is 180 g/mol. The molecule has 0 bridgehead atoms. The zero-order chi connectivity index (χ0) is 10.4. The van der Waals surface area contributed by atoms with E-state index in [2.05, 4.69) is 26.5 Å². The van der Waals surface area contributed by atoms with Crippen molar-refractivity contribution >= 4 is 5.97 Å². The number of hydrogen-bond donors (Lipinski definition) is 0. The number of esters is 1. The number of carbonyl (C=O) groups is 1. The zero-order valence-electron chi connectivity index (χ0n) is 8.07. The van der Waals surface area contributed by atoms with Gasteiger partial charge in [0, 0.05) is 12.1 Å². The van der Waals surface area contributed by atoms with Gasteiger partial charge in [0.15, 0.2) is 0 Å². The molecule has 1 rings (SSSR count). The van der Waals surface area contributed by atoms with Gasteiger partial charge in [0.2, 0.25) is 0 Å². The molecule has 0 spiro atoms. The van der Waals surface area contributed by atoms with Gasteiger partial charge in [-0.2, -0.15) is 0 Å². The lowest BCUT2D eigenvalue weighted by molar-refractivity contribution is -0.136. The highest BCUT2D eigenvalue weighted by atomic mass is 16.5. The number of carbonyl (C=O) groups excluding carboxylic acids is 1. The van der Waals surface area contributed by atoms with Gasteiger partial charge in [0.05, 0.1) is 18.5 Å². The molecule has 0 saturated heterocycles. The van der Waals surface area contributed by atoms with Crippen molar-refractivity contribution in [2.24, 2.45) is 0 Å². The van der Waals surface area contributed by atoms with Crippen LogP contribution in [0.4, 0.5) is 0 Å². The molecule has 0 saturated carbocycles. The van der Waals surface area contributed by atoms with Gasteiger partial charge in [-0.05, 0) is 19.8 Å². The highest BCUT2D eigenvalue weighted by Gasteiger charge is 1.93. The van der Waals surface area contributed by atoms with Crippen LogP contribution in [0.2, 0.25) is 0 Å². The van der Waals surface area contributed by atoms with Crippen molar-refractivity contribution in [3.8, 4) is 11.8 Å². The van der Waals surface area contributed by atoms with Crippen molar-refractivity contribution in [3.05, 3.63) is 23.8 Å². The van der Waals surface area contributed by atoms with Crippen molar-refractivity contribution in [2.45, 2.75) is 13.8 Å². The van der Waals surface area contributed by atoms with Gasteiger partial charge in [0.25, 0.3) is 0 Å². The summed E-state index contributed by atoms with van der Waals surface area (Å²) < 4.78 is 4.63. The SMILES string of the molecule is CCOC(=O)C#Cc1cnc(C)cn1. The molecule has 1 heterocycles. The predicted molar refractivity (Wildman–Crippen MR) is 50.3 cm³/mol. The Bertz CT molecular complexity index is 373. The van der Waals surface area contributed by atoms with Crippen molar-refractivity contribution in [1.29, 1.82) is 0 Å². The standard InChI is InChI=1S/C10H10N2O2/c1-3-14-10(13)5-4-9-7-11-8(2)6-12-9/h6-7H,3H2,1-2H3. The maximum atomic E-state index is 10.8. The minimum Gasteiger partial charge on any atom is -0.456 e. The second kappa shape index (κ2) is 4.97. The molecule has 4 heteroatoms. The fourth-order valence-electron chi connectivity index (χ4n) is 0.739. The molecule has 0 fully saturated rings. The Morgan fingerprint density at radius 1 is 1.50 bits per heavy atom. The molecule has 0 aliphatic heterocycles. The van der Waals surface area contributed by atoms with E-state index in [1.165, 1.54) is 6.20 Å². The van der Waals surface area contributed by atoms with Gasteiger partial charge in [0.1, 0.15) is 5.69 Å². The molecule has 14 heavy (non-hydrogen) atoms. The number of aryl methyl sites for hydroxylation is 1. The Hall–Kier alpha value is -1.89. The molecular formula is C10H10N2O2. The van der Waals surface area contributed by atoms with Crippen LogP contribution in [-0.4, -0.2) is 22.5 Å². The molecule has 0 aliphatic rings. The van der Waals surface area contributed by atoms with Crippen molar-refractivity contribution in [2.75, 3.05) is 6.61 Å². The van der Waals surface area contributed by atoms with Crippen LogP contribution >= 0.6 is 0 Å². The largest absolute Gasteiger partial charge is 0.456 e. The first-order chi connectivity index (χ1) is 6.72. The van der Waals surface area contributed by atoms with E-state index in [1.54, 1.807) is 13.1 Å². The van der Waals surface area contributed by atoms with Gasteiger partial charge in [-0.3, -0.25) is 4.98 Å². The second-order valence-electron chi connectivity index (χ2n) is 2.51. The van der Waals surface area contributed by atoms with E-state index < -0.39 is 5.97 Å². The lowest BCUT2D eigenvalue weighted by atomic mass is 10.4. The fourth-order valence-corrected chi connectivity index (χ4v) is 0.739. The summed E-state index contributed by atoms with van der Waals surface area (Å²) in [6, 6.07) is 0. The molecule has 1 aromatic heterocycles. The summed E-state index contributed by atoms with van der Waals surface area (Å²) in [4.78, 5) is 18.8. The Morgan fingerprint density at radius 2 is 2.29 bits per heavy atom. The highest BCUT2D eigenvalue weighted by molar-refractivity contribution is 5.88. The molecule has 0 unspecified atom stereocenters. The fraction of sp³-hybridized carbons (Fsp3) is 0.300. The zero-order valence-corrected chi connectivity index (χ0v) is 8.07. The van der Waals surface area contributed by atoms with Crippen LogP contribution in [0, 0.1) is 18.8 Å². The molecule has 0 aromatic carbocycles. The topological polar surface area (TPSA) is 52.1 Å². The van der Waals surface area contributed by atoms with Crippen molar-refractivity contribution in [3.63, 3.8) is 0 Å². The third-order valence-corrected chi connectivity index (χ3v) is 1.35. The molecule has 0 amide bonds. The minimum atomic E-state index is -0.546. The normalized spacial score (nSPS) is 8.71. The Balaban J connectivity index is 2.68. The summed E-state index contributed by atoms with van der Waals surface area (Å²) in [6.45, 7) is 3.88. The quantitative estimate of drug-likeness (QED) is 0.483. The summed E-state index contributed by atoms with van der Waals surface area (Å²) in [7, 11) is 0. The summed E-state index contributed by atoms with van der Waals surface area (Å²) in [6.07, 6.45) is 3.11. The average molecular weight is 190 g/mol. The summed E-state index contributed by atoms with van der Waals surface area (Å²) in [5, 5.41) is 0. The monoisotopic (exact) mass is 190 g/mol. The van der Waals surface area contributed by atoms with E-state index in [0.29, 0.717) is 12.3 Å². The van der Waals surface area contributed by atoms with Gasteiger partial charge in [-0.1, -0.05) is 0 Å². The average Bonchev–Trinajstić information content (AvgIpc) is 2.17. The van der Waals surface area contributed by atoms with E-state index in [-0.39, 0.29) is 0 Å². The van der Waals surface area contributed by atoms with E-state index in [9.17, 15) is 4.79 Å². The smallest absolute Gasteiger partial charge is 0.384 e. The van der Waals surface area contributed by atoms with Crippen molar-refractivity contribution in [1.82, 2.24) is 9.97 Å². The van der Waals surface area contributed by atoms with Crippen LogP contribution in [0.5, 0.6) is 0 Å². The van der Waals surface area contributed by atoms with Crippen LogP contribution in [0.1, 0.15) is 18.3 Å². The van der Waals surface area contributed by atoms with Crippen molar-refractivity contribution < 1.29 is 9.53 Å². The first kappa shape index (κ1) is 10.2. The van der Waals surface area contributed by atoms with Crippen LogP contribution in [-0.2, 0) is 9.53 Å². The number of aromatic nitrogens is 2. The van der Waals surface area contributed by atoms with Gasteiger partial charge < -0.3 is 4.74 Å².